The fraction of sp³-hybridized carbons (Fsp3) is 0.500. The van der Waals surface area contributed by atoms with Gasteiger partial charge < -0.3 is 15.7 Å². The summed E-state index contributed by atoms with van der Waals surface area (Å²) in [5.41, 5.74) is 0.299. The molecule has 21 heavy (non-hydrogen) atoms. The zero-order chi connectivity index (χ0) is 15.3. The summed E-state index contributed by atoms with van der Waals surface area (Å²) in [7, 11) is 0. The van der Waals surface area contributed by atoms with Crippen molar-refractivity contribution in [1.82, 2.24) is 10.6 Å². The summed E-state index contributed by atoms with van der Waals surface area (Å²) in [6.07, 6.45) is 3.58. The van der Waals surface area contributed by atoms with E-state index in [1.165, 1.54) is 12.1 Å². The Labute approximate surface area is 122 Å². The van der Waals surface area contributed by atoms with Gasteiger partial charge in [-0.25, -0.2) is 4.79 Å². The molecule has 0 heterocycles. The molecule has 1 saturated carbocycles. The summed E-state index contributed by atoms with van der Waals surface area (Å²) >= 11 is 0. The molecular formula is C14H19N3O4. The summed E-state index contributed by atoms with van der Waals surface area (Å²) in [5, 5.41) is 25.5. The van der Waals surface area contributed by atoms with Gasteiger partial charge in [-0.1, -0.05) is 25.0 Å². The average Bonchev–Trinajstić information content (AvgIpc) is 2.94. The van der Waals surface area contributed by atoms with Gasteiger partial charge in [0.15, 0.2) is 0 Å². The van der Waals surface area contributed by atoms with E-state index in [-0.39, 0.29) is 24.9 Å². The lowest BCUT2D eigenvalue weighted by Crippen LogP contribution is -2.52. The van der Waals surface area contributed by atoms with Crippen molar-refractivity contribution in [2.45, 2.75) is 37.8 Å². The first-order valence-electron chi connectivity index (χ1n) is 6.95. The van der Waals surface area contributed by atoms with E-state index in [9.17, 15) is 20.0 Å². The van der Waals surface area contributed by atoms with Crippen LogP contribution in [-0.4, -0.2) is 28.2 Å². The van der Waals surface area contributed by atoms with Crippen LogP contribution in [0.2, 0.25) is 0 Å². The molecular weight excluding hydrogens is 274 g/mol. The minimum atomic E-state index is -0.500. The molecule has 0 aromatic heterocycles. The largest absolute Gasteiger partial charge is 0.394 e. The monoisotopic (exact) mass is 293 g/mol. The lowest BCUT2D eigenvalue weighted by atomic mass is 9.99. The van der Waals surface area contributed by atoms with Crippen molar-refractivity contribution in [2.24, 2.45) is 0 Å². The number of amides is 2. The second-order valence-electron chi connectivity index (χ2n) is 5.38. The maximum absolute atomic E-state index is 11.9. The van der Waals surface area contributed by atoms with Crippen molar-refractivity contribution in [3.8, 4) is 0 Å². The molecule has 3 N–H and O–H groups in total. The van der Waals surface area contributed by atoms with Gasteiger partial charge in [0.05, 0.1) is 17.1 Å². The summed E-state index contributed by atoms with van der Waals surface area (Å²) in [6, 6.07) is 5.69. The number of aliphatic hydroxyl groups excluding tert-OH is 1. The molecule has 7 nitrogen and oxygen atoms in total. The number of benzene rings is 1. The molecule has 2 amide bonds. The van der Waals surface area contributed by atoms with E-state index in [1.54, 1.807) is 12.1 Å². The Morgan fingerprint density at radius 3 is 2.43 bits per heavy atom. The average molecular weight is 293 g/mol. The molecule has 114 valence electrons. The van der Waals surface area contributed by atoms with Crippen LogP contribution in [0.4, 0.5) is 10.5 Å². The van der Waals surface area contributed by atoms with Gasteiger partial charge in [0.2, 0.25) is 0 Å². The van der Waals surface area contributed by atoms with Crippen molar-refractivity contribution in [3.05, 3.63) is 39.9 Å². The number of urea groups is 1. The van der Waals surface area contributed by atoms with Crippen LogP contribution in [0, 0.1) is 10.1 Å². The molecule has 1 aliphatic carbocycles. The van der Waals surface area contributed by atoms with Crippen LogP contribution in [0.5, 0.6) is 0 Å². The van der Waals surface area contributed by atoms with E-state index in [0.717, 1.165) is 31.2 Å². The van der Waals surface area contributed by atoms with Crippen LogP contribution in [0.1, 0.15) is 31.2 Å². The van der Waals surface area contributed by atoms with Crippen molar-refractivity contribution in [3.63, 3.8) is 0 Å². The lowest BCUT2D eigenvalue weighted by molar-refractivity contribution is -0.384. The topological polar surface area (TPSA) is 104 Å². The number of carbonyl (C=O) groups is 1. The third-order valence-electron chi connectivity index (χ3n) is 3.84. The number of rotatable bonds is 5. The number of nitro groups is 1. The van der Waals surface area contributed by atoms with E-state index < -0.39 is 10.5 Å². The first kappa shape index (κ1) is 15.2. The minimum Gasteiger partial charge on any atom is -0.394 e. The summed E-state index contributed by atoms with van der Waals surface area (Å²) in [5.74, 6) is 0. The molecule has 1 aliphatic rings. The zero-order valence-corrected chi connectivity index (χ0v) is 11.7. The van der Waals surface area contributed by atoms with Gasteiger partial charge in [-0.05, 0) is 18.4 Å². The quantitative estimate of drug-likeness (QED) is 0.567. The first-order valence-corrected chi connectivity index (χ1v) is 6.95. The molecule has 1 aromatic carbocycles. The highest BCUT2D eigenvalue weighted by atomic mass is 16.6. The second-order valence-corrected chi connectivity index (χ2v) is 5.38. The van der Waals surface area contributed by atoms with Crippen LogP contribution in [0.25, 0.3) is 0 Å². The van der Waals surface area contributed by atoms with E-state index in [2.05, 4.69) is 10.6 Å². The smallest absolute Gasteiger partial charge is 0.315 e. The Bertz CT molecular complexity index is 509. The van der Waals surface area contributed by atoms with Gasteiger partial charge in [0.1, 0.15) is 0 Å². The lowest BCUT2D eigenvalue weighted by Gasteiger charge is -2.27. The number of hydrogen-bond donors (Lipinski definition) is 3. The van der Waals surface area contributed by atoms with Crippen molar-refractivity contribution >= 4 is 11.7 Å². The molecule has 1 fully saturated rings. The minimum absolute atomic E-state index is 0.0217. The fourth-order valence-corrected chi connectivity index (χ4v) is 2.58. The molecule has 2 rings (SSSR count). The number of hydrogen-bond acceptors (Lipinski definition) is 4. The van der Waals surface area contributed by atoms with Crippen molar-refractivity contribution in [2.75, 3.05) is 6.61 Å². The Hall–Kier alpha value is -2.15. The molecule has 0 atom stereocenters. The third-order valence-corrected chi connectivity index (χ3v) is 3.84. The maximum atomic E-state index is 11.9. The number of nitrogens with one attached hydrogen (secondary N) is 2. The second kappa shape index (κ2) is 6.53. The Balaban J connectivity index is 1.84. The SMILES string of the molecule is O=C(NCc1ccc([N+](=O)[O-])cc1)NC1(CO)CCCC1. The highest BCUT2D eigenvalue weighted by Crippen LogP contribution is 2.28. The molecule has 7 heteroatoms. The number of nitrogens with zero attached hydrogens (tertiary/aromatic N) is 1. The highest BCUT2D eigenvalue weighted by molar-refractivity contribution is 5.74. The molecule has 0 saturated heterocycles. The molecule has 1 aromatic rings. The molecule has 0 radical (unpaired) electrons. The van der Waals surface area contributed by atoms with E-state index in [0.29, 0.717) is 0 Å². The van der Waals surface area contributed by atoms with Gasteiger partial charge >= 0.3 is 6.03 Å². The molecule has 0 bridgehead atoms. The van der Waals surface area contributed by atoms with Crippen molar-refractivity contribution in [1.29, 1.82) is 0 Å². The summed E-state index contributed by atoms with van der Waals surface area (Å²) in [4.78, 5) is 21.9. The summed E-state index contributed by atoms with van der Waals surface area (Å²) in [6.45, 7) is 0.225. The fourth-order valence-electron chi connectivity index (χ4n) is 2.58. The van der Waals surface area contributed by atoms with Gasteiger partial charge in [-0.15, -0.1) is 0 Å². The van der Waals surface area contributed by atoms with E-state index >= 15 is 0 Å². The number of non-ortho nitro benzene ring substituents is 1. The van der Waals surface area contributed by atoms with Crippen LogP contribution < -0.4 is 10.6 Å². The van der Waals surface area contributed by atoms with Crippen molar-refractivity contribution < 1.29 is 14.8 Å². The van der Waals surface area contributed by atoms with Gasteiger partial charge in [-0.2, -0.15) is 0 Å². The highest BCUT2D eigenvalue weighted by Gasteiger charge is 2.34. The zero-order valence-electron chi connectivity index (χ0n) is 11.7. The predicted octanol–water partition coefficient (Wildman–Crippen LogP) is 1.70. The molecule has 0 unspecified atom stereocenters. The van der Waals surface area contributed by atoms with Gasteiger partial charge in [-0.3, -0.25) is 10.1 Å². The van der Waals surface area contributed by atoms with Crippen LogP contribution in [-0.2, 0) is 6.54 Å². The van der Waals surface area contributed by atoms with Crippen LogP contribution in [0.3, 0.4) is 0 Å². The maximum Gasteiger partial charge on any atom is 0.315 e. The molecule has 0 spiro atoms. The third kappa shape index (κ3) is 3.91. The Kier molecular flexibility index (Phi) is 4.74. The van der Waals surface area contributed by atoms with Gasteiger partial charge in [0.25, 0.3) is 5.69 Å². The Morgan fingerprint density at radius 2 is 1.90 bits per heavy atom. The van der Waals surface area contributed by atoms with Crippen LogP contribution >= 0.6 is 0 Å². The number of carbonyl (C=O) groups excluding carboxylic acids is 1. The predicted molar refractivity (Wildman–Crippen MR) is 76.8 cm³/mol. The summed E-state index contributed by atoms with van der Waals surface area (Å²) < 4.78 is 0. The Morgan fingerprint density at radius 1 is 1.29 bits per heavy atom. The van der Waals surface area contributed by atoms with Crippen LogP contribution in [0.15, 0.2) is 24.3 Å². The van der Waals surface area contributed by atoms with E-state index in [1.807, 2.05) is 0 Å². The standard InChI is InChI=1S/C14H19N3O4/c18-10-14(7-1-2-8-14)16-13(19)15-9-11-3-5-12(6-4-11)17(20)21/h3-6,18H,1-2,7-10H2,(H2,15,16,19). The molecule has 0 aliphatic heterocycles. The number of nitro benzene ring substituents is 1. The number of aliphatic hydroxyl groups is 1. The normalized spacial score (nSPS) is 16.4. The van der Waals surface area contributed by atoms with Gasteiger partial charge in [0, 0.05) is 18.7 Å². The first-order chi connectivity index (χ1) is 10.0. The van der Waals surface area contributed by atoms with E-state index in [4.69, 9.17) is 0 Å².